The number of halogens is 1. The van der Waals surface area contributed by atoms with Crippen molar-refractivity contribution in [3.05, 3.63) is 95.9 Å². The van der Waals surface area contributed by atoms with Gasteiger partial charge in [-0.3, -0.25) is 14.4 Å². The Hall–Kier alpha value is -4.11. The van der Waals surface area contributed by atoms with Gasteiger partial charge in [0.1, 0.15) is 17.7 Å². The van der Waals surface area contributed by atoms with Gasteiger partial charge in [0.15, 0.2) is 0 Å². The van der Waals surface area contributed by atoms with Crippen molar-refractivity contribution in [2.24, 2.45) is 0 Å². The summed E-state index contributed by atoms with van der Waals surface area (Å²) in [7, 11) is 1.49. The number of carbonyl (C=O) groups is 3. The van der Waals surface area contributed by atoms with Crippen molar-refractivity contribution in [3.63, 3.8) is 0 Å². The van der Waals surface area contributed by atoms with Gasteiger partial charge in [0, 0.05) is 39.2 Å². The van der Waals surface area contributed by atoms with Crippen molar-refractivity contribution in [2.45, 2.75) is 25.4 Å². The number of methoxy groups -OCH3 is 1. The molecule has 1 unspecified atom stereocenters. The first kappa shape index (κ1) is 26.5. The third-order valence-electron chi connectivity index (χ3n) is 5.41. The molecule has 3 aromatic rings. The molecule has 188 valence electrons. The number of nitrogens with zero attached hydrogens (tertiary/aromatic N) is 2. The van der Waals surface area contributed by atoms with Gasteiger partial charge in [0.25, 0.3) is 0 Å². The first-order valence-corrected chi connectivity index (χ1v) is 11.5. The fourth-order valence-corrected chi connectivity index (χ4v) is 3.59. The van der Waals surface area contributed by atoms with Crippen LogP contribution in [0, 0.1) is 5.82 Å². The Morgan fingerprint density at radius 3 is 2.36 bits per heavy atom. The number of ether oxygens (including phenoxy) is 1. The van der Waals surface area contributed by atoms with E-state index in [4.69, 9.17) is 4.74 Å². The third-order valence-corrected chi connectivity index (χ3v) is 5.41. The zero-order valence-electron chi connectivity index (χ0n) is 20.0. The smallest absolute Gasteiger partial charge is 0.247 e. The molecule has 0 aliphatic carbocycles. The highest BCUT2D eigenvalue weighted by atomic mass is 19.1. The second kappa shape index (κ2) is 13.7. The van der Waals surface area contributed by atoms with Crippen LogP contribution >= 0.6 is 0 Å². The number of benzene rings is 2. The van der Waals surface area contributed by atoms with E-state index in [1.54, 1.807) is 24.4 Å². The van der Waals surface area contributed by atoms with E-state index in [0.29, 0.717) is 11.4 Å². The number of hydrogen-bond donors (Lipinski definition) is 2. The fraction of sp³-hybridized carbons (Fsp3) is 0.259. The lowest BCUT2D eigenvalue weighted by Crippen LogP contribution is -2.45. The van der Waals surface area contributed by atoms with E-state index < -0.39 is 23.7 Å². The normalized spacial score (nSPS) is 11.4. The van der Waals surface area contributed by atoms with E-state index in [1.165, 1.54) is 36.3 Å². The lowest BCUT2D eigenvalue weighted by molar-refractivity contribution is -0.142. The molecular formula is C27H29FN4O4. The number of pyridine rings is 1. The van der Waals surface area contributed by atoms with Crippen molar-refractivity contribution in [1.29, 1.82) is 0 Å². The lowest BCUT2D eigenvalue weighted by Gasteiger charge is -2.31. The summed E-state index contributed by atoms with van der Waals surface area (Å²) in [6.45, 7) is 0.545. The Labute approximate surface area is 209 Å². The van der Waals surface area contributed by atoms with Crippen LogP contribution in [0.1, 0.15) is 30.0 Å². The highest BCUT2D eigenvalue weighted by Crippen LogP contribution is 2.23. The van der Waals surface area contributed by atoms with Crippen LogP contribution in [0.3, 0.4) is 0 Å². The number of carbonyl (C=O) groups excluding carboxylic acids is 3. The summed E-state index contributed by atoms with van der Waals surface area (Å²) in [6, 6.07) is 18.9. The Balaban J connectivity index is 1.77. The van der Waals surface area contributed by atoms with Gasteiger partial charge in [-0.2, -0.15) is 0 Å². The molecule has 36 heavy (non-hydrogen) atoms. The number of hydrogen-bond acceptors (Lipinski definition) is 5. The zero-order valence-corrected chi connectivity index (χ0v) is 20.0. The predicted molar refractivity (Wildman–Crippen MR) is 133 cm³/mol. The minimum absolute atomic E-state index is 0.0966. The molecule has 3 rings (SSSR count). The van der Waals surface area contributed by atoms with Crippen molar-refractivity contribution in [3.8, 4) is 0 Å². The summed E-state index contributed by atoms with van der Waals surface area (Å²) in [6.07, 6.45) is 1.32. The molecule has 0 spiro atoms. The molecule has 9 heteroatoms. The Morgan fingerprint density at radius 1 is 0.972 bits per heavy atom. The number of nitrogens with one attached hydrogen (secondary N) is 2. The van der Waals surface area contributed by atoms with E-state index >= 15 is 0 Å². The summed E-state index contributed by atoms with van der Waals surface area (Å²) < 4.78 is 18.8. The first-order valence-electron chi connectivity index (χ1n) is 11.5. The van der Waals surface area contributed by atoms with E-state index in [9.17, 15) is 18.8 Å². The summed E-state index contributed by atoms with van der Waals surface area (Å²) in [5.41, 5.74) is 1.34. The van der Waals surface area contributed by atoms with E-state index in [1.807, 2.05) is 30.3 Å². The minimum atomic E-state index is -1.03. The van der Waals surface area contributed by atoms with Crippen LogP contribution in [0.15, 0.2) is 79.0 Å². The molecule has 0 saturated carbocycles. The van der Waals surface area contributed by atoms with Crippen LogP contribution in [-0.2, 0) is 25.7 Å². The van der Waals surface area contributed by atoms with Gasteiger partial charge < -0.3 is 20.3 Å². The fourth-order valence-electron chi connectivity index (χ4n) is 3.59. The molecule has 1 heterocycles. The van der Waals surface area contributed by atoms with Crippen LogP contribution in [0.4, 0.5) is 10.2 Å². The quantitative estimate of drug-likeness (QED) is 0.403. The van der Waals surface area contributed by atoms with Gasteiger partial charge in [0.05, 0.1) is 6.61 Å². The number of aromatic nitrogens is 1. The van der Waals surface area contributed by atoms with Gasteiger partial charge >= 0.3 is 0 Å². The van der Waals surface area contributed by atoms with E-state index in [2.05, 4.69) is 15.6 Å². The SMILES string of the molecule is COCCN(C(=O)CCC(=O)Nc1ccccn1)C(C(=O)NCc1ccccc1)c1ccc(F)cc1. The van der Waals surface area contributed by atoms with Gasteiger partial charge in [-0.05, 0) is 35.4 Å². The van der Waals surface area contributed by atoms with Crippen molar-refractivity contribution < 1.29 is 23.5 Å². The largest absolute Gasteiger partial charge is 0.383 e. The number of amides is 3. The Bertz CT molecular complexity index is 1130. The highest BCUT2D eigenvalue weighted by molar-refractivity contribution is 5.94. The number of rotatable bonds is 12. The van der Waals surface area contributed by atoms with Crippen molar-refractivity contribution in [1.82, 2.24) is 15.2 Å². The van der Waals surface area contributed by atoms with Crippen LogP contribution in [0.2, 0.25) is 0 Å². The Kier molecular flexibility index (Phi) is 10.1. The molecule has 0 aliphatic rings. The molecule has 0 fully saturated rings. The molecule has 1 atom stereocenters. The van der Waals surface area contributed by atoms with Crippen LogP contribution < -0.4 is 10.6 Å². The molecule has 2 aromatic carbocycles. The molecule has 8 nitrogen and oxygen atoms in total. The van der Waals surface area contributed by atoms with Crippen LogP contribution in [0.5, 0.6) is 0 Å². The summed E-state index contributed by atoms with van der Waals surface area (Å²) in [5.74, 6) is -1.28. The molecule has 3 amide bonds. The zero-order chi connectivity index (χ0) is 25.8. The summed E-state index contributed by atoms with van der Waals surface area (Å²) in [5, 5.41) is 5.51. The van der Waals surface area contributed by atoms with Gasteiger partial charge in [-0.25, -0.2) is 9.37 Å². The van der Waals surface area contributed by atoms with Gasteiger partial charge in [-0.1, -0.05) is 48.5 Å². The Morgan fingerprint density at radius 2 is 1.69 bits per heavy atom. The average Bonchev–Trinajstić information content (AvgIpc) is 2.90. The third kappa shape index (κ3) is 7.99. The van der Waals surface area contributed by atoms with E-state index in [-0.39, 0.29) is 38.4 Å². The molecule has 0 saturated heterocycles. The molecular weight excluding hydrogens is 463 g/mol. The highest BCUT2D eigenvalue weighted by Gasteiger charge is 2.31. The van der Waals surface area contributed by atoms with E-state index in [0.717, 1.165) is 5.56 Å². The molecule has 0 bridgehead atoms. The predicted octanol–water partition coefficient (Wildman–Crippen LogP) is 3.47. The molecule has 0 aliphatic heterocycles. The maximum absolute atomic E-state index is 13.6. The standard InChI is InChI=1S/C27H29FN4O4/c1-36-18-17-32(25(34)15-14-24(33)31-23-9-5-6-16-29-23)26(21-10-12-22(28)13-11-21)27(35)30-19-20-7-3-2-4-8-20/h2-13,16,26H,14-15,17-19H2,1H3,(H,30,35)(H,29,31,33). The minimum Gasteiger partial charge on any atom is -0.383 e. The summed E-state index contributed by atoms with van der Waals surface area (Å²) in [4.78, 5) is 44.4. The maximum Gasteiger partial charge on any atom is 0.247 e. The van der Waals surface area contributed by atoms with Gasteiger partial charge in [-0.15, -0.1) is 0 Å². The summed E-state index contributed by atoms with van der Waals surface area (Å²) >= 11 is 0. The molecule has 1 aromatic heterocycles. The second-order valence-electron chi connectivity index (χ2n) is 8.00. The molecule has 0 radical (unpaired) electrons. The lowest BCUT2D eigenvalue weighted by atomic mass is 10.0. The second-order valence-corrected chi connectivity index (χ2v) is 8.00. The number of anilines is 1. The van der Waals surface area contributed by atoms with Crippen LogP contribution in [0.25, 0.3) is 0 Å². The van der Waals surface area contributed by atoms with Crippen molar-refractivity contribution >= 4 is 23.5 Å². The maximum atomic E-state index is 13.6. The first-order chi connectivity index (χ1) is 17.5. The average molecular weight is 493 g/mol. The monoisotopic (exact) mass is 492 g/mol. The van der Waals surface area contributed by atoms with Crippen molar-refractivity contribution in [2.75, 3.05) is 25.6 Å². The van der Waals surface area contributed by atoms with Crippen LogP contribution in [-0.4, -0.2) is 47.9 Å². The molecule has 2 N–H and O–H groups in total. The topological polar surface area (TPSA) is 101 Å². The van der Waals surface area contributed by atoms with Gasteiger partial charge in [0.2, 0.25) is 17.7 Å².